The Morgan fingerprint density at radius 2 is 2.12 bits per heavy atom. The number of amides is 2. The number of nitrogens with zero attached hydrogens (tertiary/aromatic N) is 3. The third kappa shape index (κ3) is 3.43. The van der Waals surface area contributed by atoms with Crippen LogP contribution >= 0.6 is 0 Å². The molecule has 3 rings (SSSR count). The third-order valence-corrected chi connectivity index (χ3v) is 5.13. The van der Waals surface area contributed by atoms with Crippen molar-refractivity contribution >= 4 is 11.7 Å². The maximum absolute atomic E-state index is 13.0. The smallest absolute Gasteiger partial charge is 0.322 e. The normalized spacial score (nSPS) is 20.8. The zero-order valence-electron chi connectivity index (χ0n) is 15.8. The summed E-state index contributed by atoms with van der Waals surface area (Å²) in [6.45, 7) is 11.7. The Labute approximate surface area is 149 Å². The van der Waals surface area contributed by atoms with Gasteiger partial charge in [0.2, 0.25) is 0 Å². The minimum absolute atomic E-state index is 0.0146. The van der Waals surface area contributed by atoms with Crippen LogP contribution in [0.25, 0.3) is 0 Å². The lowest BCUT2D eigenvalue weighted by Gasteiger charge is -2.37. The minimum Gasteiger partial charge on any atom is -0.464 e. The molecule has 3 heterocycles. The standard InChI is InChI=1S/C19H28N4O2/c1-6-23-15(5)18(14(4)21-23)20-19(24)22-10-9-12(2)11-16(22)17-8-7-13(3)25-17/h7-8,12,16H,6,9-11H2,1-5H3,(H,20,24)/t12-,16-/m1/s1. The molecule has 6 heteroatoms. The molecule has 0 saturated carbocycles. The second-order valence-electron chi connectivity index (χ2n) is 7.08. The van der Waals surface area contributed by atoms with E-state index in [1.54, 1.807) is 0 Å². The first kappa shape index (κ1) is 17.6. The molecule has 1 aliphatic heterocycles. The molecule has 0 aliphatic carbocycles. The number of urea groups is 1. The van der Waals surface area contributed by atoms with Crippen LogP contribution in [0.1, 0.15) is 55.6 Å². The van der Waals surface area contributed by atoms with Gasteiger partial charge in [0, 0.05) is 13.1 Å². The first-order valence-electron chi connectivity index (χ1n) is 9.08. The van der Waals surface area contributed by atoms with E-state index >= 15 is 0 Å². The Hall–Kier alpha value is -2.24. The fourth-order valence-electron chi connectivity index (χ4n) is 3.65. The average Bonchev–Trinajstić information content (AvgIpc) is 3.12. The molecule has 25 heavy (non-hydrogen) atoms. The number of piperidine rings is 1. The van der Waals surface area contributed by atoms with Crippen molar-refractivity contribution in [2.75, 3.05) is 11.9 Å². The van der Waals surface area contributed by atoms with Crippen molar-refractivity contribution in [3.63, 3.8) is 0 Å². The number of carbonyl (C=O) groups is 1. The van der Waals surface area contributed by atoms with Crippen LogP contribution in [-0.4, -0.2) is 27.3 Å². The summed E-state index contributed by atoms with van der Waals surface area (Å²) in [6, 6.07) is 3.86. The van der Waals surface area contributed by atoms with Gasteiger partial charge in [-0.05, 0) is 58.6 Å². The summed E-state index contributed by atoms with van der Waals surface area (Å²) in [6.07, 6.45) is 1.93. The molecule has 0 unspecified atom stereocenters. The molecule has 0 bridgehead atoms. The van der Waals surface area contributed by atoms with E-state index in [1.165, 1.54) is 0 Å². The van der Waals surface area contributed by atoms with E-state index in [4.69, 9.17) is 4.42 Å². The number of hydrogen-bond donors (Lipinski definition) is 1. The first-order valence-corrected chi connectivity index (χ1v) is 9.08. The second kappa shape index (κ2) is 6.94. The number of furan rings is 1. The molecule has 2 amide bonds. The van der Waals surface area contributed by atoms with Gasteiger partial charge in [0.1, 0.15) is 11.5 Å². The highest BCUT2D eigenvalue weighted by Gasteiger charge is 2.33. The largest absolute Gasteiger partial charge is 0.464 e. The number of aryl methyl sites for hydroxylation is 3. The highest BCUT2D eigenvalue weighted by atomic mass is 16.3. The van der Waals surface area contributed by atoms with Gasteiger partial charge in [0.25, 0.3) is 0 Å². The first-order chi connectivity index (χ1) is 11.9. The quantitative estimate of drug-likeness (QED) is 0.896. The maximum Gasteiger partial charge on any atom is 0.322 e. The summed E-state index contributed by atoms with van der Waals surface area (Å²) >= 11 is 0. The van der Waals surface area contributed by atoms with Gasteiger partial charge in [-0.1, -0.05) is 6.92 Å². The second-order valence-corrected chi connectivity index (χ2v) is 7.08. The number of hydrogen-bond acceptors (Lipinski definition) is 3. The van der Waals surface area contributed by atoms with Crippen LogP contribution in [0.15, 0.2) is 16.5 Å². The van der Waals surface area contributed by atoms with Gasteiger partial charge in [-0.2, -0.15) is 5.10 Å². The number of nitrogens with one attached hydrogen (secondary N) is 1. The van der Waals surface area contributed by atoms with E-state index < -0.39 is 0 Å². The van der Waals surface area contributed by atoms with Gasteiger partial charge in [-0.25, -0.2) is 4.79 Å². The maximum atomic E-state index is 13.0. The van der Waals surface area contributed by atoms with Crippen LogP contribution in [-0.2, 0) is 6.54 Å². The zero-order valence-corrected chi connectivity index (χ0v) is 15.8. The Morgan fingerprint density at radius 3 is 2.72 bits per heavy atom. The molecule has 136 valence electrons. The number of anilines is 1. The summed E-state index contributed by atoms with van der Waals surface area (Å²) in [5, 5.41) is 7.57. The lowest BCUT2D eigenvalue weighted by atomic mass is 9.91. The average molecular weight is 344 g/mol. The molecule has 1 N–H and O–H groups in total. The SMILES string of the molecule is CCn1nc(C)c(NC(=O)N2CC[C@@H](C)C[C@@H]2c2ccc(C)o2)c1C. The van der Waals surface area contributed by atoms with Crippen molar-refractivity contribution in [3.8, 4) is 0 Å². The van der Waals surface area contributed by atoms with E-state index in [9.17, 15) is 4.79 Å². The van der Waals surface area contributed by atoms with Gasteiger partial charge in [0.05, 0.1) is 23.1 Å². The van der Waals surface area contributed by atoms with Gasteiger partial charge < -0.3 is 14.6 Å². The van der Waals surface area contributed by atoms with Crippen LogP contribution in [0.4, 0.5) is 10.5 Å². The molecular formula is C19H28N4O2. The van der Waals surface area contributed by atoms with Gasteiger partial charge in [-0.3, -0.25) is 4.68 Å². The number of carbonyl (C=O) groups excluding carboxylic acids is 1. The summed E-state index contributed by atoms with van der Waals surface area (Å²) < 4.78 is 7.75. The highest BCUT2D eigenvalue weighted by molar-refractivity contribution is 5.91. The molecule has 1 saturated heterocycles. The fourth-order valence-corrected chi connectivity index (χ4v) is 3.65. The Kier molecular flexibility index (Phi) is 4.88. The summed E-state index contributed by atoms with van der Waals surface area (Å²) in [7, 11) is 0. The van der Waals surface area contributed by atoms with E-state index in [0.29, 0.717) is 5.92 Å². The molecule has 0 radical (unpaired) electrons. The van der Waals surface area contributed by atoms with Crippen LogP contribution in [0, 0.1) is 26.7 Å². The van der Waals surface area contributed by atoms with E-state index in [2.05, 4.69) is 17.3 Å². The van der Waals surface area contributed by atoms with Crippen LogP contribution < -0.4 is 5.32 Å². The number of rotatable bonds is 3. The monoisotopic (exact) mass is 344 g/mol. The highest BCUT2D eigenvalue weighted by Crippen LogP contribution is 2.35. The van der Waals surface area contributed by atoms with Crippen molar-refractivity contribution in [1.29, 1.82) is 0 Å². The summed E-state index contributed by atoms with van der Waals surface area (Å²) in [5.41, 5.74) is 2.66. The van der Waals surface area contributed by atoms with Crippen molar-refractivity contribution in [1.82, 2.24) is 14.7 Å². The minimum atomic E-state index is -0.0761. The lowest BCUT2D eigenvalue weighted by molar-refractivity contribution is 0.128. The zero-order chi connectivity index (χ0) is 18.1. The van der Waals surface area contributed by atoms with Crippen molar-refractivity contribution in [2.45, 2.75) is 60.0 Å². The molecular weight excluding hydrogens is 316 g/mol. The fraction of sp³-hybridized carbons (Fsp3) is 0.579. The predicted molar refractivity (Wildman–Crippen MR) is 97.7 cm³/mol. The molecule has 2 atom stereocenters. The van der Waals surface area contributed by atoms with E-state index in [1.807, 2.05) is 49.4 Å². The Balaban J connectivity index is 1.83. The Morgan fingerprint density at radius 1 is 1.36 bits per heavy atom. The molecule has 0 aromatic carbocycles. The lowest BCUT2D eigenvalue weighted by Crippen LogP contribution is -2.43. The molecule has 0 spiro atoms. The van der Waals surface area contributed by atoms with Gasteiger partial charge in [0.15, 0.2) is 0 Å². The van der Waals surface area contributed by atoms with Gasteiger partial charge in [-0.15, -0.1) is 0 Å². The van der Waals surface area contributed by atoms with Gasteiger partial charge >= 0.3 is 6.03 Å². The van der Waals surface area contributed by atoms with Crippen LogP contribution in [0.2, 0.25) is 0 Å². The van der Waals surface area contributed by atoms with Crippen molar-refractivity contribution in [2.24, 2.45) is 5.92 Å². The summed E-state index contributed by atoms with van der Waals surface area (Å²) in [5.74, 6) is 2.33. The topological polar surface area (TPSA) is 63.3 Å². The van der Waals surface area contributed by atoms with Crippen LogP contribution in [0.3, 0.4) is 0 Å². The third-order valence-electron chi connectivity index (χ3n) is 5.13. The molecule has 6 nitrogen and oxygen atoms in total. The van der Waals surface area contributed by atoms with Crippen molar-refractivity contribution in [3.05, 3.63) is 35.0 Å². The molecule has 2 aromatic heterocycles. The predicted octanol–water partition coefficient (Wildman–Crippen LogP) is 4.43. The van der Waals surface area contributed by atoms with Crippen LogP contribution in [0.5, 0.6) is 0 Å². The molecule has 1 aliphatic rings. The van der Waals surface area contributed by atoms with E-state index in [0.717, 1.165) is 54.5 Å². The Bertz CT molecular complexity index is 762. The van der Waals surface area contributed by atoms with Crippen molar-refractivity contribution < 1.29 is 9.21 Å². The molecule has 1 fully saturated rings. The van der Waals surface area contributed by atoms with E-state index in [-0.39, 0.29) is 12.1 Å². The summed E-state index contributed by atoms with van der Waals surface area (Å²) in [4.78, 5) is 14.9. The number of aromatic nitrogens is 2. The number of likely N-dealkylation sites (tertiary alicyclic amines) is 1. The molecule has 2 aromatic rings.